The quantitative estimate of drug-likeness (QED) is 0.890. The Morgan fingerprint density at radius 3 is 2.45 bits per heavy atom. The molecule has 0 saturated carbocycles. The van der Waals surface area contributed by atoms with E-state index in [0.29, 0.717) is 23.9 Å². The lowest BCUT2D eigenvalue weighted by Gasteiger charge is -2.33. The molecule has 1 saturated heterocycles. The van der Waals surface area contributed by atoms with Crippen LogP contribution in [0.15, 0.2) is 29.2 Å². The first-order valence-electron chi connectivity index (χ1n) is 7.82. The Kier molecular flexibility index (Phi) is 7.32. The number of nitrogens with two attached hydrogens (primary N) is 1. The van der Waals surface area contributed by atoms with E-state index in [1.807, 2.05) is 12.1 Å². The summed E-state index contributed by atoms with van der Waals surface area (Å²) in [6, 6.07) is 7.28. The molecule has 4 nitrogen and oxygen atoms in total. The second-order valence-electron chi connectivity index (χ2n) is 5.88. The molecule has 2 atom stereocenters. The summed E-state index contributed by atoms with van der Waals surface area (Å²) in [5.41, 5.74) is 6.93. The summed E-state index contributed by atoms with van der Waals surface area (Å²) in [6.45, 7) is 5.26. The zero-order valence-electron chi connectivity index (χ0n) is 13.4. The summed E-state index contributed by atoms with van der Waals surface area (Å²) in [4.78, 5) is 0.384. The lowest BCUT2D eigenvalue weighted by Crippen LogP contribution is -2.47. The number of halogens is 1. The molecular formula is C16H27ClN2O2S. The molecule has 2 unspecified atom stereocenters. The molecule has 6 heteroatoms. The van der Waals surface area contributed by atoms with Crippen LogP contribution in [0.1, 0.15) is 51.0 Å². The zero-order valence-corrected chi connectivity index (χ0v) is 15.0. The van der Waals surface area contributed by atoms with E-state index >= 15 is 0 Å². The lowest BCUT2D eigenvalue weighted by atomic mass is 9.99. The number of hydrogen-bond acceptors (Lipinski definition) is 3. The minimum atomic E-state index is -3.42. The molecule has 2 rings (SSSR count). The van der Waals surface area contributed by atoms with Crippen molar-refractivity contribution in [2.75, 3.05) is 13.1 Å². The standard InChI is InChI=1S/C16H26N2O2S.ClH/c1-3-13(2)14-7-9-16(10-8-14)21(19,20)18-11-5-4-6-15(18)12-17;/h7-10,13,15H,3-6,11-12,17H2,1-2H3;1H. The molecule has 1 heterocycles. The number of nitrogens with zero attached hydrogens (tertiary/aromatic N) is 1. The Labute approximate surface area is 140 Å². The molecule has 0 bridgehead atoms. The summed E-state index contributed by atoms with van der Waals surface area (Å²) in [5.74, 6) is 0.452. The van der Waals surface area contributed by atoms with Gasteiger partial charge in [-0.15, -0.1) is 12.4 Å². The van der Waals surface area contributed by atoms with Crippen molar-refractivity contribution in [2.45, 2.75) is 56.4 Å². The third kappa shape index (κ3) is 4.02. The first-order chi connectivity index (χ1) is 10.0. The third-order valence-electron chi connectivity index (χ3n) is 4.51. The van der Waals surface area contributed by atoms with Gasteiger partial charge in [-0.2, -0.15) is 4.31 Å². The van der Waals surface area contributed by atoms with Crippen molar-refractivity contribution in [1.82, 2.24) is 4.31 Å². The molecule has 0 aromatic heterocycles. The van der Waals surface area contributed by atoms with Crippen molar-refractivity contribution < 1.29 is 8.42 Å². The van der Waals surface area contributed by atoms with Crippen LogP contribution in [0, 0.1) is 0 Å². The predicted molar refractivity (Wildman–Crippen MR) is 93.0 cm³/mol. The minimum Gasteiger partial charge on any atom is -0.329 e. The van der Waals surface area contributed by atoms with E-state index in [1.54, 1.807) is 16.4 Å². The van der Waals surface area contributed by atoms with Crippen LogP contribution in [0.2, 0.25) is 0 Å². The molecule has 2 N–H and O–H groups in total. The van der Waals surface area contributed by atoms with Gasteiger partial charge in [0, 0.05) is 19.1 Å². The second kappa shape index (κ2) is 8.29. The van der Waals surface area contributed by atoms with E-state index in [9.17, 15) is 8.42 Å². The molecule has 1 aromatic carbocycles. The van der Waals surface area contributed by atoms with Crippen LogP contribution in [0.4, 0.5) is 0 Å². The van der Waals surface area contributed by atoms with Gasteiger partial charge in [0.2, 0.25) is 10.0 Å². The molecule has 1 aliphatic rings. The van der Waals surface area contributed by atoms with E-state index in [2.05, 4.69) is 13.8 Å². The minimum absolute atomic E-state index is 0. The van der Waals surface area contributed by atoms with Crippen molar-refractivity contribution in [3.05, 3.63) is 29.8 Å². The maximum atomic E-state index is 12.8. The van der Waals surface area contributed by atoms with Gasteiger partial charge in [-0.1, -0.05) is 32.4 Å². The van der Waals surface area contributed by atoms with Gasteiger partial charge < -0.3 is 5.73 Å². The Morgan fingerprint density at radius 1 is 1.27 bits per heavy atom. The van der Waals surface area contributed by atoms with Crippen LogP contribution in [0.5, 0.6) is 0 Å². The number of benzene rings is 1. The van der Waals surface area contributed by atoms with Crippen molar-refractivity contribution in [3.8, 4) is 0 Å². The van der Waals surface area contributed by atoms with E-state index in [1.165, 1.54) is 5.56 Å². The molecular weight excluding hydrogens is 320 g/mol. The topological polar surface area (TPSA) is 63.4 Å². The Balaban J connectivity index is 0.00000242. The van der Waals surface area contributed by atoms with Crippen molar-refractivity contribution in [2.24, 2.45) is 5.73 Å². The van der Waals surface area contributed by atoms with Gasteiger partial charge in [0.25, 0.3) is 0 Å². The van der Waals surface area contributed by atoms with E-state index in [0.717, 1.165) is 25.7 Å². The Bertz CT molecular complexity index is 560. The van der Waals surface area contributed by atoms with Crippen molar-refractivity contribution in [1.29, 1.82) is 0 Å². The predicted octanol–water partition coefficient (Wildman–Crippen LogP) is 3.12. The van der Waals surface area contributed by atoms with Gasteiger partial charge >= 0.3 is 0 Å². The highest BCUT2D eigenvalue weighted by atomic mass is 35.5. The maximum Gasteiger partial charge on any atom is 0.243 e. The first-order valence-corrected chi connectivity index (χ1v) is 9.26. The largest absolute Gasteiger partial charge is 0.329 e. The molecule has 1 aromatic rings. The zero-order chi connectivity index (χ0) is 15.5. The molecule has 0 spiro atoms. The smallest absolute Gasteiger partial charge is 0.243 e. The highest BCUT2D eigenvalue weighted by Crippen LogP contribution is 2.26. The van der Waals surface area contributed by atoms with Gasteiger partial charge in [-0.3, -0.25) is 0 Å². The van der Waals surface area contributed by atoms with Gasteiger partial charge in [0.15, 0.2) is 0 Å². The molecule has 1 fully saturated rings. The summed E-state index contributed by atoms with van der Waals surface area (Å²) in [7, 11) is -3.42. The van der Waals surface area contributed by atoms with Crippen LogP contribution >= 0.6 is 12.4 Å². The van der Waals surface area contributed by atoms with E-state index in [4.69, 9.17) is 5.73 Å². The summed E-state index contributed by atoms with van der Waals surface area (Å²) >= 11 is 0. The third-order valence-corrected chi connectivity index (χ3v) is 6.48. The Hall–Kier alpha value is -0.620. The van der Waals surface area contributed by atoms with E-state index in [-0.39, 0.29) is 18.4 Å². The molecule has 0 radical (unpaired) electrons. The van der Waals surface area contributed by atoms with Crippen molar-refractivity contribution in [3.63, 3.8) is 0 Å². The number of piperidine rings is 1. The number of rotatable bonds is 5. The highest BCUT2D eigenvalue weighted by molar-refractivity contribution is 7.89. The number of hydrogen-bond donors (Lipinski definition) is 1. The van der Waals surface area contributed by atoms with Gasteiger partial charge in [-0.05, 0) is 42.9 Å². The van der Waals surface area contributed by atoms with Gasteiger partial charge in [0.05, 0.1) is 4.90 Å². The first kappa shape index (κ1) is 19.4. The summed E-state index contributed by atoms with van der Waals surface area (Å²) in [5, 5.41) is 0. The molecule has 0 amide bonds. The normalized spacial score (nSPS) is 21.1. The fourth-order valence-corrected chi connectivity index (χ4v) is 4.57. The van der Waals surface area contributed by atoms with Crippen LogP contribution in [-0.4, -0.2) is 31.9 Å². The fraction of sp³-hybridized carbons (Fsp3) is 0.625. The average molecular weight is 347 g/mol. The second-order valence-corrected chi connectivity index (χ2v) is 7.77. The molecule has 0 aliphatic carbocycles. The lowest BCUT2D eigenvalue weighted by molar-refractivity contribution is 0.257. The summed E-state index contributed by atoms with van der Waals surface area (Å²) in [6.07, 6.45) is 3.88. The van der Waals surface area contributed by atoms with Gasteiger partial charge in [-0.25, -0.2) is 8.42 Å². The van der Waals surface area contributed by atoms with Crippen LogP contribution in [-0.2, 0) is 10.0 Å². The average Bonchev–Trinajstić information content (AvgIpc) is 2.54. The van der Waals surface area contributed by atoms with Crippen molar-refractivity contribution >= 4 is 22.4 Å². The fourth-order valence-electron chi connectivity index (χ4n) is 2.87. The number of sulfonamides is 1. The molecule has 22 heavy (non-hydrogen) atoms. The van der Waals surface area contributed by atoms with Crippen LogP contribution in [0.3, 0.4) is 0 Å². The van der Waals surface area contributed by atoms with Crippen LogP contribution < -0.4 is 5.73 Å². The van der Waals surface area contributed by atoms with Gasteiger partial charge in [0.1, 0.15) is 0 Å². The van der Waals surface area contributed by atoms with E-state index < -0.39 is 10.0 Å². The monoisotopic (exact) mass is 346 g/mol. The maximum absolute atomic E-state index is 12.8. The molecule has 126 valence electrons. The molecule has 1 aliphatic heterocycles. The highest BCUT2D eigenvalue weighted by Gasteiger charge is 2.32. The van der Waals surface area contributed by atoms with Crippen LogP contribution in [0.25, 0.3) is 0 Å². The summed E-state index contributed by atoms with van der Waals surface area (Å²) < 4.78 is 27.1. The Morgan fingerprint density at radius 2 is 1.91 bits per heavy atom. The SMILES string of the molecule is CCC(C)c1ccc(S(=O)(=O)N2CCCCC2CN)cc1.Cl.